The molecule has 0 bridgehead atoms. The first-order valence-electron chi connectivity index (χ1n) is 2.79. The topological polar surface area (TPSA) is 71.6 Å². The smallest absolute Gasteiger partial charge is 0.325 e. The van der Waals surface area contributed by atoms with Gasteiger partial charge in [0.15, 0.2) is 0 Å². The lowest BCUT2D eigenvalue weighted by Crippen LogP contribution is -2.34. The Hall–Kier alpha value is -0.610. The van der Waals surface area contributed by atoms with Crippen molar-refractivity contribution in [2.24, 2.45) is 0 Å². The van der Waals surface area contributed by atoms with Crippen molar-refractivity contribution >= 4 is 5.97 Å². The summed E-state index contributed by atoms with van der Waals surface area (Å²) in [7, 11) is 0. The van der Waals surface area contributed by atoms with E-state index in [1.165, 1.54) is 0 Å². The Labute approximate surface area is 52.5 Å². The zero-order valence-electron chi connectivity index (χ0n) is 4.82. The van der Waals surface area contributed by atoms with Crippen LogP contribution in [0.15, 0.2) is 0 Å². The normalized spacial score (nSPS) is 34.8. The van der Waals surface area contributed by atoms with Crippen molar-refractivity contribution in [3.05, 3.63) is 0 Å². The highest BCUT2D eigenvalue weighted by atomic mass is 16.4. The van der Waals surface area contributed by atoms with E-state index in [1.807, 2.05) is 0 Å². The Bertz CT molecular complexity index is 125. The van der Waals surface area contributed by atoms with Crippen molar-refractivity contribution in [1.82, 2.24) is 5.32 Å². The number of rotatable bonds is 1. The van der Waals surface area contributed by atoms with Crippen LogP contribution < -0.4 is 5.32 Å². The number of carbonyl (C=O) groups is 1. The van der Waals surface area contributed by atoms with Gasteiger partial charge in [-0.15, -0.1) is 0 Å². The van der Waals surface area contributed by atoms with Crippen LogP contribution >= 0.6 is 0 Å². The third-order valence-corrected chi connectivity index (χ3v) is 1.37. The lowest BCUT2D eigenvalue weighted by Gasteiger charge is -2.05. The van der Waals surface area contributed by atoms with Gasteiger partial charge in [-0.2, -0.15) is 0 Å². The molecule has 0 aromatic heterocycles. The number of hydrogen-bond donors (Lipinski definition) is 2. The maximum atomic E-state index is 10.2. The second-order valence-corrected chi connectivity index (χ2v) is 2.05. The number of nitrogens with zero attached hydrogens (tertiary/aromatic N) is 1. The van der Waals surface area contributed by atoms with Crippen LogP contribution in [-0.2, 0) is 4.79 Å². The van der Waals surface area contributed by atoms with Crippen molar-refractivity contribution in [3.8, 4) is 0 Å². The molecule has 0 spiro atoms. The summed E-state index contributed by atoms with van der Waals surface area (Å²) in [6.07, 6.45) is -0.278. The highest BCUT2D eigenvalue weighted by molar-refractivity contribution is 5.74. The van der Waals surface area contributed by atoms with Gasteiger partial charge in [0.05, 0.1) is 6.10 Å². The lowest BCUT2D eigenvalue weighted by molar-refractivity contribution is -0.141. The van der Waals surface area contributed by atoms with Crippen molar-refractivity contribution in [2.75, 3.05) is 6.54 Å². The number of hydrogen-bond acceptors (Lipinski definition) is 2. The molecule has 1 aliphatic heterocycles. The van der Waals surface area contributed by atoms with Crippen molar-refractivity contribution < 1.29 is 15.0 Å². The van der Waals surface area contributed by atoms with E-state index in [-0.39, 0.29) is 0 Å². The summed E-state index contributed by atoms with van der Waals surface area (Å²) < 4.78 is 0. The van der Waals surface area contributed by atoms with Crippen LogP contribution in [0.4, 0.5) is 0 Å². The molecule has 0 aliphatic carbocycles. The van der Waals surface area contributed by atoms with E-state index in [0.29, 0.717) is 13.0 Å². The molecule has 1 fully saturated rings. The third-order valence-electron chi connectivity index (χ3n) is 1.37. The molecule has 4 heteroatoms. The molecule has 1 rings (SSSR count). The largest absolute Gasteiger partial charge is 0.480 e. The SMILES string of the molecule is O=C(O)C1[N]CCC1O. The molecule has 1 saturated heterocycles. The van der Waals surface area contributed by atoms with Gasteiger partial charge >= 0.3 is 5.97 Å². The van der Waals surface area contributed by atoms with E-state index in [4.69, 9.17) is 10.2 Å². The average Bonchev–Trinajstić information content (AvgIpc) is 2.13. The van der Waals surface area contributed by atoms with E-state index in [1.54, 1.807) is 0 Å². The number of aliphatic hydroxyl groups excluding tert-OH is 1. The van der Waals surface area contributed by atoms with Crippen LogP contribution in [0.2, 0.25) is 0 Å². The minimum atomic E-state index is -1.03. The van der Waals surface area contributed by atoms with E-state index in [2.05, 4.69) is 5.32 Å². The monoisotopic (exact) mass is 130 g/mol. The maximum absolute atomic E-state index is 10.2. The highest BCUT2D eigenvalue weighted by Gasteiger charge is 2.31. The van der Waals surface area contributed by atoms with Crippen molar-refractivity contribution in [1.29, 1.82) is 0 Å². The van der Waals surface area contributed by atoms with E-state index in [0.717, 1.165) is 0 Å². The van der Waals surface area contributed by atoms with Gasteiger partial charge in [-0.25, -0.2) is 5.32 Å². The van der Waals surface area contributed by atoms with Crippen molar-refractivity contribution in [3.63, 3.8) is 0 Å². The minimum absolute atomic E-state index is 0.470. The molecule has 2 N–H and O–H groups in total. The Morgan fingerprint density at radius 1 is 1.67 bits per heavy atom. The second kappa shape index (κ2) is 2.33. The summed E-state index contributed by atoms with van der Waals surface area (Å²) in [5.74, 6) is -1.03. The summed E-state index contributed by atoms with van der Waals surface area (Å²) in [6, 6.07) is -0.870. The molecule has 2 unspecified atom stereocenters. The molecule has 51 valence electrons. The Morgan fingerprint density at radius 3 is 2.56 bits per heavy atom. The maximum Gasteiger partial charge on any atom is 0.325 e. The molecular formula is C5H8NO3. The predicted molar refractivity (Wildman–Crippen MR) is 29.0 cm³/mol. The Kier molecular flexibility index (Phi) is 1.68. The molecule has 4 nitrogen and oxygen atoms in total. The second-order valence-electron chi connectivity index (χ2n) is 2.05. The Morgan fingerprint density at radius 2 is 2.33 bits per heavy atom. The number of aliphatic hydroxyl groups is 1. The highest BCUT2D eigenvalue weighted by Crippen LogP contribution is 2.07. The lowest BCUT2D eigenvalue weighted by atomic mass is 10.2. The van der Waals surface area contributed by atoms with Gasteiger partial charge in [0, 0.05) is 6.54 Å². The molecule has 9 heavy (non-hydrogen) atoms. The zero-order valence-corrected chi connectivity index (χ0v) is 4.82. The van der Waals surface area contributed by atoms with E-state index in [9.17, 15) is 4.79 Å². The molecule has 1 aliphatic rings. The molecule has 0 amide bonds. The van der Waals surface area contributed by atoms with Gasteiger partial charge in [0.2, 0.25) is 0 Å². The third kappa shape index (κ3) is 1.20. The summed E-state index contributed by atoms with van der Waals surface area (Å²) in [5.41, 5.74) is 0. The number of carboxylic acids is 1. The van der Waals surface area contributed by atoms with Gasteiger partial charge in [-0.1, -0.05) is 0 Å². The first-order valence-corrected chi connectivity index (χ1v) is 2.79. The summed E-state index contributed by atoms with van der Waals surface area (Å²) in [4.78, 5) is 10.2. The van der Waals surface area contributed by atoms with Crippen LogP contribution in [0, 0.1) is 0 Å². The molecule has 1 heterocycles. The molecule has 1 radical (unpaired) electrons. The summed E-state index contributed by atoms with van der Waals surface area (Å²) in [6.45, 7) is 0.470. The zero-order chi connectivity index (χ0) is 6.85. The van der Waals surface area contributed by atoms with Crippen LogP contribution in [0.5, 0.6) is 0 Å². The quantitative estimate of drug-likeness (QED) is 0.468. The van der Waals surface area contributed by atoms with Gasteiger partial charge in [-0.05, 0) is 6.42 Å². The van der Waals surface area contributed by atoms with Crippen LogP contribution in [-0.4, -0.2) is 34.9 Å². The van der Waals surface area contributed by atoms with Gasteiger partial charge < -0.3 is 10.2 Å². The predicted octanol–water partition coefficient (Wildman–Crippen LogP) is -1.19. The molecule has 0 aromatic carbocycles. The average molecular weight is 130 g/mol. The Balaban J connectivity index is 2.49. The van der Waals surface area contributed by atoms with Gasteiger partial charge in [-0.3, -0.25) is 4.79 Å². The van der Waals surface area contributed by atoms with Crippen molar-refractivity contribution in [2.45, 2.75) is 18.6 Å². The van der Waals surface area contributed by atoms with E-state index < -0.39 is 18.1 Å². The van der Waals surface area contributed by atoms with Crippen LogP contribution in [0.25, 0.3) is 0 Å². The molecular weight excluding hydrogens is 122 g/mol. The standard InChI is InChI=1S/C5H8NO3/c7-3-1-2-6-4(3)5(8)9/h3-4,7H,1-2H2,(H,8,9). The number of carboxylic acid groups (broad SMARTS) is 1. The summed E-state index contributed by atoms with van der Waals surface area (Å²) >= 11 is 0. The summed E-state index contributed by atoms with van der Waals surface area (Å²) in [5, 5.41) is 20.9. The van der Waals surface area contributed by atoms with Crippen LogP contribution in [0.1, 0.15) is 6.42 Å². The minimum Gasteiger partial charge on any atom is -0.480 e. The first-order chi connectivity index (χ1) is 4.22. The number of aliphatic carboxylic acids is 1. The molecule has 0 aromatic rings. The first kappa shape index (κ1) is 6.51. The van der Waals surface area contributed by atoms with Gasteiger partial charge in [0.1, 0.15) is 6.04 Å². The van der Waals surface area contributed by atoms with Gasteiger partial charge in [0.25, 0.3) is 0 Å². The fourth-order valence-corrected chi connectivity index (χ4v) is 0.868. The fourth-order valence-electron chi connectivity index (χ4n) is 0.868. The van der Waals surface area contributed by atoms with E-state index >= 15 is 0 Å². The fraction of sp³-hybridized carbons (Fsp3) is 0.800. The van der Waals surface area contributed by atoms with Crippen LogP contribution in [0.3, 0.4) is 0 Å². The molecule has 0 saturated carbocycles. The molecule has 2 atom stereocenters.